The lowest BCUT2D eigenvalue weighted by Gasteiger charge is -1.96. The van der Waals surface area contributed by atoms with Gasteiger partial charge in [0, 0.05) is 6.20 Å². The molecule has 0 spiro atoms. The molecule has 0 aliphatic heterocycles. The van der Waals surface area contributed by atoms with Crippen molar-refractivity contribution in [2.24, 2.45) is 0 Å². The fraction of sp³-hybridized carbons (Fsp3) is 0.0667. The van der Waals surface area contributed by atoms with Crippen molar-refractivity contribution < 1.29 is 9.32 Å². The monoisotopic (exact) mass is 270 g/mol. The number of para-hydroxylation sites is 1. The first-order valence-electron chi connectivity index (χ1n) is 6.10. The summed E-state index contributed by atoms with van der Waals surface area (Å²) in [4.78, 5) is 23.7. The summed E-state index contributed by atoms with van der Waals surface area (Å²) >= 11 is 0. The van der Waals surface area contributed by atoms with Crippen molar-refractivity contribution >= 4 is 17.0 Å². The molecule has 0 fully saturated rings. The fourth-order valence-corrected chi connectivity index (χ4v) is 1.58. The minimum absolute atomic E-state index is 0.375. The van der Waals surface area contributed by atoms with Crippen LogP contribution in [0, 0.1) is 0 Å². The number of amides is 1. The van der Waals surface area contributed by atoms with Crippen LogP contribution < -0.4 is 10.9 Å². The maximum Gasteiger partial charge on any atom is 0.362 e. The number of nitrogens with zero attached hydrogens (tertiary/aromatic N) is 1. The molecule has 5 nitrogen and oxygen atoms in total. The lowest BCUT2D eigenvalue weighted by atomic mass is 10.3. The number of fused-ring (bicyclic) bond motifs is 1. The van der Waals surface area contributed by atoms with Gasteiger partial charge in [-0.2, -0.15) is 0 Å². The molecule has 1 amide bonds. The molecule has 102 valence electrons. The summed E-state index contributed by atoms with van der Waals surface area (Å²) in [5.41, 5.74) is -0.0967. The Bertz CT molecular complexity index is 748. The second-order valence-corrected chi connectivity index (χ2v) is 3.91. The van der Waals surface area contributed by atoms with Crippen molar-refractivity contribution in [2.45, 2.75) is 6.92 Å². The maximum atomic E-state index is 11.9. The van der Waals surface area contributed by atoms with Gasteiger partial charge < -0.3 is 9.84 Å². The third-order valence-electron chi connectivity index (χ3n) is 2.50. The van der Waals surface area contributed by atoms with Crippen LogP contribution in [0.15, 0.2) is 70.2 Å². The van der Waals surface area contributed by atoms with E-state index in [1.54, 1.807) is 36.4 Å². The van der Waals surface area contributed by atoms with Gasteiger partial charge in [0.15, 0.2) is 5.58 Å². The highest BCUT2D eigenvalue weighted by Gasteiger charge is 2.13. The Balaban J connectivity index is 2.12. The number of rotatable bonds is 3. The molecule has 1 aromatic heterocycles. The minimum atomic E-state index is -0.637. The molecule has 1 N–H and O–H groups in total. The fourth-order valence-electron chi connectivity index (χ4n) is 1.58. The minimum Gasteiger partial charge on any atom is -0.366 e. The number of carbonyl (C=O) groups is 1. The van der Waals surface area contributed by atoms with Crippen LogP contribution in [0.25, 0.3) is 11.0 Å². The second kappa shape index (κ2) is 6.38. The van der Waals surface area contributed by atoms with E-state index in [-0.39, 0.29) is 0 Å². The zero-order chi connectivity index (χ0) is 14.4. The van der Waals surface area contributed by atoms with Crippen LogP contribution in [0.5, 0.6) is 0 Å². The summed E-state index contributed by atoms with van der Waals surface area (Å²) in [6.07, 6.45) is 10.4. The molecule has 0 bridgehead atoms. The number of aromatic nitrogens is 1. The molecule has 1 aromatic carbocycles. The van der Waals surface area contributed by atoms with Gasteiger partial charge >= 0.3 is 6.03 Å². The zero-order valence-electron chi connectivity index (χ0n) is 10.9. The number of hydrogen-bond acceptors (Lipinski definition) is 3. The Hall–Kier alpha value is -2.82. The van der Waals surface area contributed by atoms with Crippen LogP contribution >= 0.6 is 0 Å². The molecular weight excluding hydrogens is 256 g/mol. The van der Waals surface area contributed by atoms with Crippen molar-refractivity contribution in [3.63, 3.8) is 0 Å². The highest BCUT2D eigenvalue weighted by molar-refractivity contribution is 5.82. The normalized spacial score (nSPS) is 12.1. The van der Waals surface area contributed by atoms with Crippen LogP contribution in [-0.2, 0) is 0 Å². The van der Waals surface area contributed by atoms with E-state index >= 15 is 0 Å². The van der Waals surface area contributed by atoms with Crippen molar-refractivity contribution in [2.75, 3.05) is 0 Å². The van der Waals surface area contributed by atoms with Gasteiger partial charge in [0.2, 0.25) is 0 Å². The first-order chi connectivity index (χ1) is 9.74. The summed E-state index contributed by atoms with van der Waals surface area (Å²) < 4.78 is 5.88. The van der Waals surface area contributed by atoms with Crippen LogP contribution in [0.1, 0.15) is 6.92 Å². The van der Waals surface area contributed by atoms with E-state index in [9.17, 15) is 9.59 Å². The molecular formula is C15H14N2O3. The largest absolute Gasteiger partial charge is 0.366 e. The molecule has 5 heteroatoms. The standard InChI is InChI=1S/C15H14N2O3/c1-2-3-4-5-8-11-16-15(19)17-14(18)12-9-6-7-10-13(12)20-17/h2-11H,1H3,(H,16,19)/b3-2+,5-4+,11-8-. The highest BCUT2D eigenvalue weighted by Crippen LogP contribution is 2.08. The van der Waals surface area contributed by atoms with Crippen molar-refractivity contribution in [3.05, 3.63) is 71.2 Å². The van der Waals surface area contributed by atoms with Gasteiger partial charge in [-0.1, -0.05) is 41.2 Å². The smallest absolute Gasteiger partial charge is 0.362 e. The molecule has 0 saturated carbocycles. The van der Waals surface area contributed by atoms with Crippen LogP contribution in [0.4, 0.5) is 4.79 Å². The summed E-state index contributed by atoms with van der Waals surface area (Å²) in [6.45, 7) is 1.91. The van der Waals surface area contributed by atoms with E-state index in [0.717, 1.165) is 0 Å². The molecule has 20 heavy (non-hydrogen) atoms. The molecule has 2 rings (SSSR count). The summed E-state index contributed by atoms with van der Waals surface area (Å²) in [7, 11) is 0. The molecule has 0 radical (unpaired) electrons. The molecule has 0 aliphatic carbocycles. The first-order valence-corrected chi connectivity index (χ1v) is 6.10. The highest BCUT2D eigenvalue weighted by atomic mass is 16.5. The first kappa shape index (κ1) is 13.6. The van der Waals surface area contributed by atoms with Gasteiger partial charge in [-0.3, -0.25) is 4.79 Å². The third kappa shape index (κ3) is 2.95. The average Bonchev–Trinajstić information content (AvgIpc) is 2.80. The number of benzene rings is 1. The Kier molecular flexibility index (Phi) is 4.34. The quantitative estimate of drug-likeness (QED) is 0.872. The van der Waals surface area contributed by atoms with Crippen molar-refractivity contribution in [3.8, 4) is 0 Å². The molecule has 0 unspecified atom stereocenters. The van der Waals surface area contributed by atoms with Gasteiger partial charge in [-0.15, -0.1) is 0 Å². The van der Waals surface area contributed by atoms with Crippen LogP contribution in [-0.4, -0.2) is 10.8 Å². The summed E-state index contributed by atoms with van der Waals surface area (Å²) in [6, 6.07) is 6.06. The van der Waals surface area contributed by atoms with E-state index in [1.807, 2.05) is 25.2 Å². The summed E-state index contributed by atoms with van der Waals surface area (Å²) in [5, 5.41) is 2.83. The van der Waals surface area contributed by atoms with Crippen LogP contribution in [0.3, 0.4) is 0 Å². The van der Waals surface area contributed by atoms with Gasteiger partial charge in [-0.05, 0) is 25.1 Å². The maximum absolute atomic E-state index is 11.9. The number of allylic oxidation sites excluding steroid dienone is 5. The number of hydrogen-bond donors (Lipinski definition) is 1. The Morgan fingerprint density at radius 3 is 2.70 bits per heavy atom. The average molecular weight is 270 g/mol. The van der Waals surface area contributed by atoms with E-state index in [1.165, 1.54) is 6.20 Å². The molecule has 2 aromatic rings. The molecule has 0 saturated heterocycles. The number of carbonyl (C=O) groups excluding carboxylic acids is 1. The number of nitrogens with one attached hydrogen (secondary N) is 1. The Labute approximate surface area is 115 Å². The Morgan fingerprint density at radius 1 is 1.20 bits per heavy atom. The molecule has 1 heterocycles. The summed E-state index contributed by atoms with van der Waals surface area (Å²) in [5.74, 6) is 0. The van der Waals surface area contributed by atoms with Gasteiger partial charge in [0.05, 0.1) is 5.39 Å². The van der Waals surface area contributed by atoms with Crippen molar-refractivity contribution in [1.82, 2.24) is 10.1 Å². The van der Waals surface area contributed by atoms with Crippen LogP contribution in [0.2, 0.25) is 0 Å². The van der Waals surface area contributed by atoms with E-state index < -0.39 is 11.6 Å². The predicted octanol–water partition coefficient (Wildman–Crippen LogP) is 2.80. The SMILES string of the molecule is C/C=C/C=C/C=C\NC(=O)n1oc2ccccc2c1=O. The predicted molar refractivity (Wildman–Crippen MR) is 77.5 cm³/mol. The van der Waals surface area contributed by atoms with E-state index in [0.29, 0.717) is 15.7 Å². The Morgan fingerprint density at radius 2 is 1.95 bits per heavy atom. The van der Waals surface area contributed by atoms with E-state index in [4.69, 9.17) is 4.52 Å². The van der Waals surface area contributed by atoms with Gasteiger partial charge in [0.25, 0.3) is 5.56 Å². The zero-order valence-corrected chi connectivity index (χ0v) is 10.9. The van der Waals surface area contributed by atoms with Crippen molar-refractivity contribution in [1.29, 1.82) is 0 Å². The third-order valence-corrected chi connectivity index (χ3v) is 2.50. The van der Waals surface area contributed by atoms with E-state index in [2.05, 4.69) is 5.32 Å². The topological polar surface area (TPSA) is 64.2 Å². The molecule has 0 atom stereocenters. The van der Waals surface area contributed by atoms with Gasteiger partial charge in [-0.25, -0.2) is 4.79 Å². The molecule has 0 aliphatic rings. The second-order valence-electron chi connectivity index (χ2n) is 3.91. The van der Waals surface area contributed by atoms with Gasteiger partial charge in [0.1, 0.15) is 0 Å². The lowest BCUT2D eigenvalue weighted by Crippen LogP contribution is -2.30. The lowest BCUT2D eigenvalue weighted by molar-refractivity contribution is 0.217.